The molecule has 24 heavy (non-hydrogen) atoms. The molecule has 0 spiro atoms. The van der Waals surface area contributed by atoms with Gasteiger partial charge in [0.15, 0.2) is 5.96 Å². The molecule has 0 unspecified atom stereocenters. The highest BCUT2D eigenvalue weighted by atomic mass is 127. The predicted molar refractivity (Wildman–Crippen MR) is 114 cm³/mol. The molecule has 0 radical (unpaired) electrons. The molecule has 2 heterocycles. The van der Waals surface area contributed by atoms with E-state index in [0.717, 1.165) is 40.5 Å². The Morgan fingerprint density at radius 3 is 2.67 bits per heavy atom. The molecule has 0 aliphatic carbocycles. The van der Waals surface area contributed by atoms with Crippen molar-refractivity contribution in [1.29, 1.82) is 0 Å². The summed E-state index contributed by atoms with van der Waals surface area (Å²) in [4.78, 5) is 12.6. The lowest BCUT2D eigenvalue weighted by Gasteiger charge is -2.22. The van der Waals surface area contributed by atoms with Gasteiger partial charge in [0.05, 0.1) is 23.8 Å². The molecule has 0 aromatic carbocycles. The first-order valence-corrected chi connectivity index (χ1v) is 8.83. The lowest BCUT2D eigenvalue weighted by atomic mass is 10.4. The Hall–Kier alpha value is -0.800. The summed E-state index contributed by atoms with van der Waals surface area (Å²) >= 11 is 7.77. The third-order valence-electron chi connectivity index (χ3n) is 3.61. The second kappa shape index (κ2) is 9.62. The third-order valence-corrected chi connectivity index (χ3v) is 4.87. The molecule has 134 valence electrons. The highest BCUT2D eigenvalue weighted by molar-refractivity contribution is 14.0. The molecule has 2 aromatic rings. The van der Waals surface area contributed by atoms with E-state index in [1.54, 1.807) is 11.3 Å². The number of guanidine groups is 1. The Labute approximate surface area is 170 Å². The van der Waals surface area contributed by atoms with Crippen LogP contribution in [-0.4, -0.2) is 34.0 Å². The minimum atomic E-state index is 0. The van der Waals surface area contributed by atoms with Gasteiger partial charge in [-0.2, -0.15) is 0 Å². The van der Waals surface area contributed by atoms with Gasteiger partial charge in [0.2, 0.25) is 0 Å². The number of aryl methyl sites for hydroxylation is 3. The van der Waals surface area contributed by atoms with E-state index in [0.29, 0.717) is 6.54 Å². The summed E-state index contributed by atoms with van der Waals surface area (Å²) in [6.45, 7) is 8.37. The molecule has 8 heteroatoms. The van der Waals surface area contributed by atoms with Crippen molar-refractivity contribution in [2.75, 3.05) is 13.6 Å². The van der Waals surface area contributed by atoms with Crippen molar-refractivity contribution < 1.29 is 0 Å². The quantitative estimate of drug-likeness (QED) is 0.399. The monoisotopic (exact) mass is 481 g/mol. The van der Waals surface area contributed by atoms with Gasteiger partial charge in [-0.25, -0.2) is 9.98 Å². The molecule has 0 bridgehead atoms. The number of thiazole rings is 1. The fourth-order valence-electron chi connectivity index (χ4n) is 2.26. The van der Waals surface area contributed by atoms with E-state index in [1.807, 2.05) is 37.8 Å². The standard InChI is InChI=1S/C16H24ClN5S.HI/c1-6-18-16(19-8-15-20-11(2)12(3)23-15)22(5)10-14-7-13(17)9-21(14)4;/h7,9H,6,8,10H2,1-5H3,(H,18,19);1H. The van der Waals surface area contributed by atoms with E-state index in [4.69, 9.17) is 16.6 Å². The van der Waals surface area contributed by atoms with Gasteiger partial charge in [0.25, 0.3) is 0 Å². The van der Waals surface area contributed by atoms with Gasteiger partial charge < -0.3 is 14.8 Å². The van der Waals surface area contributed by atoms with E-state index in [2.05, 4.69) is 29.0 Å². The minimum absolute atomic E-state index is 0. The molecule has 0 saturated heterocycles. The molecule has 1 N–H and O–H groups in total. The molecule has 0 saturated carbocycles. The van der Waals surface area contributed by atoms with Crippen molar-refractivity contribution in [2.24, 2.45) is 12.0 Å². The van der Waals surface area contributed by atoms with Crippen LogP contribution in [-0.2, 0) is 20.1 Å². The Morgan fingerprint density at radius 1 is 1.46 bits per heavy atom. The van der Waals surface area contributed by atoms with Crippen molar-refractivity contribution in [2.45, 2.75) is 33.9 Å². The highest BCUT2D eigenvalue weighted by Gasteiger charge is 2.10. The molecule has 0 aliphatic heterocycles. The van der Waals surface area contributed by atoms with Gasteiger partial charge in [-0.15, -0.1) is 35.3 Å². The Bertz CT molecular complexity index is 675. The summed E-state index contributed by atoms with van der Waals surface area (Å²) < 4.78 is 2.04. The first-order valence-electron chi connectivity index (χ1n) is 7.63. The fourth-order valence-corrected chi connectivity index (χ4v) is 3.39. The van der Waals surface area contributed by atoms with E-state index in [1.165, 1.54) is 4.88 Å². The van der Waals surface area contributed by atoms with Crippen molar-refractivity contribution in [1.82, 2.24) is 19.8 Å². The Morgan fingerprint density at radius 2 is 2.17 bits per heavy atom. The van der Waals surface area contributed by atoms with Crippen LogP contribution >= 0.6 is 46.9 Å². The number of rotatable bonds is 5. The maximum atomic E-state index is 6.06. The summed E-state index contributed by atoms with van der Waals surface area (Å²) in [5, 5.41) is 5.13. The van der Waals surface area contributed by atoms with Crippen molar-refractivity contribution in [3.8, 4) is 0 Å². The van der Waals surface area contributed by atoms with E-state index >= 15 is 0 Å². The number of hydrogen-bond donors (Lipinski definition) is 1. The largest absolute Gasteiger partial charge is 0.357 e. The fraction of sp³-hybridized carbons (Fsp3) is 0.500. The zero-order chi connectivity index (χ0) is 17.0. The zero-order valence-electron chi connectivity index (χ0n) is 14.8. The Balaban J connectivity index is 0.00000288. The van der Waals surface area contributed by atoms with Crippen LogP contribution in [0, 0.1) is 13.8 Å². The van der Waals surface area contributed by atoms with Crippen LogP contribution in [0.5, 0.6) is 0 Å². The van der Waals surface area contributed by atoms with E-state index in [-0.39, 0.29) is 24.0 Å². The van der Waals surface area contributed by atoms with Crippen LogP contribution in [0.2, 0.25) is 5.02 Å². The summed E-state index contributed by atoms with van der Waals surface area (Å²) in [6.07, 6.45) is 1.91. The number of nitrogens with one attached hydrogen (secondary N) is 1. The maximum absolute atomic E-state index is 6.06. The average Bonchev–Trinajstić information content (AvgIpc) is 2.97. The molecule has 0 fully saturated rings. The molecule has 0 atom stereocenters. The molecule has 5 nitrogen and oxygen atoms in total. The van der Waals surface area contributed by atoms with Crippen LogP contribution in [0.1, 0.15) is 28.2 Å². The smallest absolute Gasteiger partial charge is 0.194 e. The van der Waals surface area contributed by atoms with Crippen LogP contribution < -0.4 is 5.32 Å². The normalized spacial score (nSPS) is 11.3. The van der Waals surface area contributed by atoms with Gasteiger partial charge in [0.1, 0.15) is 5.01 Å². The maximum Gasteiger partial charge on any atom is 0.194 e. The predicted octanol–water partition coefficient (Wildman–Crippen LogP) is 3.97. The van der Waals surface area contributed by atoms with Crippen molar-refractivity contribution in [3.05, 3.63) is 38.6 Å². The summed E-state index contributed by atoms with van der Waals surface area (Å²) in [5.74, 6) is 0.871. The number of halogens is 2. The summed E-state index contributed by atoms with van der Waals surface area (Å²) in [5.41, 5.74) is 2.24. The number of hydrogen-bond acceptors (Lipinski definition) is 3. The first-order chi connectivity index (χ1) is 10.9. The Kier molecular flexibility index (Phi) is 8.52. The van der Waals surface area contributed by atoms with Crippen LogP contribution in [0.4, 0.5) is 0 Å². The van der Waals surface area contributed by atoms with Crippen LogP contribution in [0.25, 0.3) is 0 Å². The van der Waals surface area contributed by atoms with Gasteiger partial charge in [0, 0.05) is 37.4 Å². The lowest BCUT2D eigenvalue weighted by molar-refractivity contribution is 0.462. The first kappa shape index (κ1) is 21.2. The van der Waals surface area contributed by atoms with Crippen molar-refractivity contribution >= 4 is 52.9 Å². The third kappa shape index (κ3) is 5.63. The highest BCUT2D eigenvalue weighted by Crippen LogP contribution is 2.17. The molecule has 2 rings (SSSR count). The van der Waals surface area contributed by atoms with Crippen molar-refractivity contribution in [3.63, 3.8) is 0 Å². The summed E-state index contributed by atoms with van der Waals surface area (Å²) in [7, 11) is 4.03. The van der Waals surface area contributed by atoms with Crippen LogP contribution in [0.15, 0.2) is 17.3 Å². The van der Waals surface area contributed by atoms with Gasteiger partial charge >= 0.3 is 0 Å². The molecular formula is C16H25ClIN5S. The second-order valence-electron chi connectivity index (χ2n) is 5.54. The van der Waals surface area contributed by atoms with Crippen LogP contribution in [0.3, 0.4) is 0 Å². The molecular weight excluding hydrogens is 457 g/mol. The van der Waals surface area contributed by atoms with Gasteiger partial charge in [-0.05, 0) is 26.8 Å². The summed E-state index contributed by atoms with van der Waals surface area (Å²) in [6, 6.07) is 1.98. The second-order valence-corrected chi connectivity index (χ2v) is 7.26. The van der Waals surface area contributed by atoms with E-state index < -0.39 is 0 Å². The molecule has 0 amide bonds. The number of aliphatic imine (C=N–C) groups is 1. The minimum Gasteiger partial charge on any atom is -0.357 e. The number of aromatic nitrogens is 2. The van der Waals surface area contributed by atoms with Gasteiger partial charge in [-0.3, -0.25) is 0 Å². The number of nitrogens with zero attached hydrogens (tertiary/aromatic N) is 4. The molecule has 0 aliphatic rings. The SMILES string of the molecule is CCNC(=NCc1nc(C)c(C)s1)N(C)Cc1cc(Cl)cn1C.I. The average molecular weight is 482 g/mol. The lowest BCUT2D eigenvalue weighted by Crippen LogP contribution is -2.38. The molecule has 2 aromatic heterocycles. The van der Waals surface area contributed by atoms with E-state index in [9.17, 15) is 0 Å². The zero-order valence-corrected chi connectivity index (χ0v) is 18.7. The van der Waals surface area contributed by atoms with Gasteiger partial charge in [-0.1, -0.05) is 11.6 Å². The topological polar surface area (TPSA) is 45.5 Å².